The van der Waals surface area contributed by atoms with E-state index in [1.54, 1.807) is 0 Å². The third kappa shape index (κ3) is 2.50. The number of nitrogens with zero attached hydrogens (tertiary/aromatic N) is 1. The Balaban J connectivity index is 1.71. The maximum Gasteiger partial charge on any atom is 0.254 e. The Morgan fingerprint density at radius 2 is 1.90 bits per heavy atom. The van der Waals surface area contributed by atoms with Crippen molar-refractivity contribution in [3.05, 3.63) is 33.8 Å². The van der Waals surface area contributed by atoms with Gasteiger partial charge in [-0.15, -0.1) is 0 Å². The molecule has 5 heteroatoms. The second-order valence-corrected chi connectivity index (χ2v) is 6.17. The zero-order valence-corrected chi connectivity index (χ0v) is 13.1. The largest absolute Gasteiger partial charge is 0.347 e. The third-order valence-electron chi connectivity index (χ3n) is 4.12. The van der Waals surface area contributed by atoms with Gasteiger partial charge in [-0.2, -0.15) is 0 Å². The predicted molar refractivity (Wildman–Crippen MR) is 78.7 cm³/mol. The van der Waals surface area contributed by atoms with Crippen LogP contribution in [0.15, 0.2) is 22.7 Å². The van der Waals surface area contributed by atoms with Crippen molar-refractivity contribution in [2.75, 3.05) is 26.3 Å². The van der Waals surface area contributed by atoms with Crippen molar-refractivity contribution in [1.82, 2.24) is 4.90 Å². The highest BCUT2D eigenvalue weighted by Crippen LogP contribution is 2.32. The molecule has 1 spiro atoms. The molecule has 2 aliphatic rings. The van der Waals surface area contributed by atoms with Crippen LogP contribution in [0.1, 0.15) is 28.8 Å². The molecule has 0 unspecified atom stereocenters. The second kappa shape index (κ2) is 5.47. The molecule has 1 aromatic carbocycles. The lowest BCUT2D eigenvalue weighted by atomic mass is 10.0. The van der Waals surface area contributed by atoms with Crippen molar-refractivity contribution < 1.29 is 14.3 Å². The summed E-state index contributed by atoms with van der Waals surface area (Å²) in [7, 11) is 0. The normalized spacial score (nSPS) is 21.4. The lowest BCUT2D eigenvalue weighted by Crippen LogP contribution is -2.47. The highest BCUT2D eigenvalue weighted by Gasteiger charge is 2.40. The molecule has 0 atom stereocenters. The lowest BCUT2D eigenvalue weighted by molar-refractivity contribution is -0.181. The smallest absolute Gasteiger partial charge is 0.254 e. The minimum absolute atomic E-state index is 0.0941. The third-order valence-corrected chi connectivity index (χ3v) is 4.98. The van der Waals surface area contributed by atoms with Crippen molar-refractivity contribution in [2.45, 2.75) is 25.6 Å². The Morgan fingerprint density at radius 3 is 2.55 bits per heavy atom. The minimum atomic E-state index is -0.427. The van der Waals surface area contributed by atoms with Crippen LogP contribution >= 0.6 is 15.9 Å². The number of piperidine rings is 1. The first-order valence-corrected chi connectivity index (χ1v) is 7.73. The molecule has 0 saturated carbocycles. The lowest BCUT2D eigenvalue weighted by Gasteiger charge is -2.37. The topological polar surface area (TPSA) is 38.8 Å². The van der Waals surface area contributed by atoms with E-state index in [2.05, 4.69) is 15.9 Å². The number of carbonyl (C=O) groups is 1. The fourth-order valence-corrected chi connectivity index (χ4v) is 3.21. The van der Waals surface area contributed by atoms with Gasteiger partial charge in [0.2, 0.25) is 0 Å². The molecule has 4 nitrogen and oxygen atoms in total. The van der Waals surface area contributed by atoms with E-state index in [0.29, 0.717) is 26.3 Å². The molecule has 0 aliphatic carbocycles. The number of likely N-dealkylation sites (tertiary alicyclic amines) is 1. The summed E-state index contributed by atoms with van der Waals surface area (Å²) in [6.07, 6.45) is 1.51. The quantitative estimate of drug-likeness (QED) is 0.789. The van der Waals surface area contributed by atoms with Crippen LogP contribution in [0.5, 0.6) is 0 Å². The van der Waals surface area contributed by atoms with Gasteiger partial charge in [0.25, 0.3) is 5.91 Å². The van der Waals surface area contributed by atoms with Gasteiger partial charge in [-0.3, -0.25) is 4.79 Å². The fraction of sp³-hybridized carbons (Fsp3) is 0.533. The first-order chi connectivity index (χ1) is 9.61. The van der Waals surface area contributed by atoms with Crippen LogP contribution in [-0.2, 0) is 9.47 Å². The summed E-state index contributed by atoms with van der Waals surface area (Å²) in [5.74, 6) is -0.333. The molecule has 1 aromatic rings. The maximum atomic E-state index is 12.6. The van der Waals surface area contributed by atoms with Crippen molar-refractivity contribution in [1.29, 1.82) is 0 Å². The van der Waals surface area contributed by atoms with Crippen LogP contribution in [0.4, 0.5) is 0 Å². The monoisotopic (exact) mass is 339 g/mol. The number of carbonyl (C=O) groups excluding carboxylic acids is 1. The van der Waals surface area contributed by atoms with Gasteiger partial charge < -0.3 is 14.4 Å². The van der Waals surface area contributed by atoms with E-state index >= 15 is 0 Å². The summed E-state index contributed by atoms with van der Waals surface area (Å²) < 4.78 is 12.4. The van der Waals surface area contributed by atoms with Crippen molar-refractivity contribution >= 4 is 21.8 Å². The Bertz CT molecular complexity index is 516. The van der Waals surface area contributed by atoms with Gasteiger partial charge in [0.05, 0.1) is 13.2 Å². The maximum absolute atomic E-state index is 12.6. The molecule has 0 radical (unpaired) electrons. The number of hydrogen-bond donors (Lipinski definition) is 0. The molecular formula is C15H18BrNO3. The number of amides is 1. The fourth-order valence-electron chi connectivity index (χ4n) is 2.85. The highest BCUT2D eigenvalue weighted by molar-refractivity contribution is 9.10. The van der Waals surface area contributed by atoms with Crippen molar-refractivity contribution in [3.8, 4) is 0 Å². The SMILES string of the molecule is Cc1c(Br)cccc1C(=O)N1CCC2(CC1)OCCO2. The van der Waals surface area contributed by atoms with Crippen molar-refractivity contribution in [3.63, 3.8) is 0 Å². The molecule has 2 aliphatic heterocycles. The molecule has 108 valence electrons. The van der Waals surface area contributed by atoms with E-state index in [1.165, 1.54) is 0 Å². The molecule has 2 fully saturated rings. The van der Waals surface area contributed by atoms with Gasteiger partial charge in [0.1, 0.15) is 0 Å². The molecule has 20 heavy (non-hydrogen) atoms. The van der Waals surface area contributed by atoms with Gasteiger partial charge in [-0.05, 0) is 24.6 Å². The molecule has 0 bridgehead atoms. The minimum Gasteiger partial charge on any atom is -0.347 e. The average Bonchev–Trinajstić information content (AvgIpc) is 2.90. The molecule has 1 amide bonds. The van der Waals surface area contributed by atoms with Gasteiger partial charge in [0.15, 0.2) is 5.79 Å². The van der Waals surface area contributed by atoms with Crippen LogP contribution in [0, 0.1) is 6.92 Å². The molecular weight excluding hydrogens is 322 g/mol. The van der Waals surface area contributed by atoms with Crippen LogP contribution < -0.4 is 0 Å². The summed E-state index contributed by atoms with van der Waals surface area (Å²) in [6, 6.07) is 5.74. The molecule has 2 heterocycles. The number of ether oxygens (including phenoxy) is 2. The summed E-state index contributed by atoms with van der Waals surface area (Å²) in [4.78, 5) is 14.5. The summed E-state index contributed by atoms with van der Waals surface area (Å²) in [6.45, 7) is 4.67. The zero-order chi connectivity index (χ0) is 14.2. The van der Waals surface area contributed by atoms with E-state index in [-0.39, 0.29) is 5.91 Å². The molecule has 2 saturated heterocycles. The predicted octanol–water partition coefficient (Wildman–Crippen LogP) is 2.74. The summed E-state index contributed by atoms with van der Waals surface area (Å²) in [5.41, 5.74) is 1.76. The summed E-state index contributed by atoms with van der Waals surface area (Å²) in [5, 5.41) is 0. The number of rotatable bonds is 1. The Morgan fingerprint density at radius 1 is 1.25 bits per heavy atom. The van der Waals surface area contributed by atoms with E-state index in [9.17, 15) is 4.79 Å². The van der Waals surface area contributed by atoms with Crippen LogP contribution in [-0.4, -0.2) is 42.9 Å². The number of hydrogen-bond acceptors (Lipinski definition) is 3. The van der Waals surface area contributed by atoms with Crippen LogP contribution in [0.2, 0.25) is 0 Å². The molecule has 3 rings (SSSR count). The highest BCUT2D eigenvalue weighted by atomic mass is 79.9. The van der Waals surface area contributed by atoms with E-state index in [0.717, 1.165) is 28.4 Å². The number of halogens is 1. The molecule has 0 aromatic heterocycles. The van der Waals surface area contributed by atoms with Crippen LogP contribution in [0.25, 0.3) is 0 Å². The van der Waals surface area contributed by atoms with Gasteiger partial charge in [-0.25, -0.2) is 0 Å². The van der Waals surface area contributed by atoms with Gasteiger partial charge >= 0.3 is 0 Å². The van der Waals surface area contributed by atoms with Gasteiger partial charge in [-0.1, -0.05) is 22.0 Å². The van der Waals surface area contributed by atoms with Gasteiger partial charge in [0, 0.05) is 36.0 Å². The van der Waals surface area contributed by atoms with E-state index in [4.69, 9.17) is 9.47 Å². The van der Waals surface area contributed by atoms with E-state index < -0.39 is 5.79 Å². The Kier molecular flexibility index (Phi) is 3.84. The molecule has 0 N–H and O–H groups in total. The first kappa shape index (κ1) is 14.0. The Hall–Kier alpha value is -0.910. The van der Waals surface area contributed by atoms with E-state index in [1.807, 2.05) is 30.0 Å². The second-order valence-electron chi connectivity index (χ2n) is 5.31. The first-order valence-electron chi connectivity index (χ1n) is 6.94. The van der Waals surface area contributed by atoms with Crippen LogP contribution in [0.3, 0.4) is 0 Å². The summed E-state index contributed by atoms with van der Waals surface area (Å²) >= 11 is 3.48. The standard InChI is InChI=1S/C15H18BrNO3/c1-11-12(3-2-4-13(11)16)14(18)17-7-5-15(6-8-17)19-9-10-20-15/h2-4H,5-10H2,1H3. The van der Waals surface area contributed by atoms with Crippen molar-refractivity contribution in [2.24, 2.45) is 0 Å². The zero-order valence-electron chi connectivity index (χ0n) is 11.5. The average molecular weight is 340 g/mol. The Labute approximate surface area is 127 Å². The number of benzene rings is 1.